The third-order valence-corrected chi connectivity index (χ3v) is 7.01. The van der Waals surface area contributed by atoms with E-state index >= 15 is 0 Å². The summed E-state index contributed by atoms with van der Waals surface area (Å²) in [5, 5.41) is 0.609. The number of halogens is 1. The van der Waals surface area contributed by atoms with E-state index in [1.807, 2.05) is 30.3 Å². The molecule has 1 aliphatic heterocycles. The molecule has 150 valence electrons. The molecule has 1 unspecified atom stereocenters. The Balaban J connectivity index is 1.61. The summed E-state index contributed by atoms with van der Waals surface area (Å²) >= 11 is 6.06. The van der Waals surface area contributed by atoms with Crippen molar-refractivity contribution in [3.05, 3.63) is 83.1 Å². The zero-order valence-electron chi connectivity index (χ0n) is 15.6. The highest BCUT2D eigenvalue weighted by atomic mass is 35.5. The van der Waals surface area contributed by atoms with Crippen LogP contribution in [-0.2, 0) is 16.4 Å². The molecule has 0 spiro atoms. The summed E-state index contributed by atoms with van der Waals surface area (Å²) in [4.78, 5) is 14.8. The first kappa shape index (κ1) is 19.7. The Bertz CT molecular complexity index is 1120. The summed E-state index contributed by atoms with van der Waals surface area (Å²) < 4.78 is 30.0. The summed E-state index contributed by atoms with van der Waals surface area (Å²) in [5.74, 6) is 1.12. The molecule has 0 saturated carbocycles. The average molecular weight is 430 g/mol. The van der Waals surface area contributed by atoms with Crippen molar-refractivity contribution < 1.29 is 17.6 Å². The van der Waals surface area contributed by atoms with E-state index in [1.54, 1.807) is 41.3 Å². The fraction of sp³-hybridized carbons (Fsp3) is 0.227. The fourth-order valence-electron chi connectivity index (χ4n) is 3.56. The molecule has 5 nitrogen and oxygen atoms in total. The lowest BCUT2D eigenvalue weighted by Crippen LogP contribution is -2.40. The molecular formula is C22H20ClNO4S. The largest absolute Gasteiger partial charge is 0.459 e. The van der Waals surface area contributed by atoms with E-state index < -0.39 is 9.84 Å². The van der Waals surface area contributed by atoms with Crippen molar-refractivity contribution in [3.8, 4) is 11.3 Å². The summed E-state index contributed by atoms with van der Waals surface area (Å²) in [5.41, 5.74) is 1.37. The van der Waals surface area contributed by atoms with E-state index in [0.717, 1.165) is 5.56 Å². The molecule has 1 atom stereocenters. The van der Waals surface area contributed by atoms with Gasteiger partial charge < -0.3 is 9.32 Å². The molecular weight excluding hydrogens is 410 g/mol. The summed E-state index contributed by atoms with van der Waals surface area (Å²) in [6.45, 7) is 0.203. The van der Waals surface area contributed by atoms with Gasteiger partial charge in [0.15, 0.2) is 9.84 Å². The van der Waals surface area contributed by atoms with Crippen molar-refractivity contribution >= 4 is 27.3 Å². The van der Waals surface area contributed by atoms with E-state index in [0.29, 0.717) is 28.5 Å². The van der Waals surface area contributed by atoms with Crippen LogP contribution in [0.2, 0.25) is 5.02 Å². The molecule has 0 N–H and O–H groups in total. The second-order valence-electron chi connectivity index (χ2n) is 7.13. The smallest absolute Gasteiger partial charge is 0.254 e. The Labute approximate surface area is 174 Å². The van der Waals surface area contributed by atoms with Gasteiger partial charge in [0.2, 0.25) is 0 Å². The van der Waals surface area contributed by atoms with Gasteiger partial charge in [0.05, 0.1) is 18.1 Å². The SMILES string of the molecule is O=C(c1ccccc1)N(Cc1ccc(-c2cccc(Cl)c2)o1)C1CCS(=O)(=O)C1. The summed E-state index contributed by atoms with van der Waals surface area (Å²) in [6, 6.07) is 19.5. The van der Waals surface area contributed by atoms with Crippen LogP contribution in [-0.4, -0.2) is 36.8 Å². The zero-order valence-corrected chi connectivity index (χ0v) is 17.2. The van der Waals surface area contributed by atoms with Gasteiger partial charge in [-0.3, -0.25) is 4.79 Å². The van der Waals surface area contributed by atoms with Gasteiger partial charge in [-0.05, 0) is 42.8 Å². The minimum absolute atomic E-state index is 0.0204. The molecule has 4 rings (SSSR count). The van der Waals surface area contributed by atoms with Crippen molar-refractivity contribution in [2.24, 2.45) is 0 Å². The molecule has 1 amide bonds. The molecule has 0 bridgehead atoms. The first-order valence-electron chi connectivity index (χ1n) is 9.32. The molecule has 0 aliphatic carbocycles. The van der Waals surface area contributed by atoms with Crippen LogP contribution in [0.25, 0.3) is 11.3 Å². The Hall–Kier alpha value is -2.57. The molecule has 0 radical (unpaired) electrons. The van der Waals surface area contributed by atoms with Gasteiger partial charge in [0.1, 0.15) is 11.5 Å². The maximum Gasteiger partial charge on any atom is 0.254 e. The van der Waals surface area contributed by atoms with E-state index in [-0.39, 0.29) is 30.0 Å². The minimum Gasteiger partial charge on any atom is -0.459 e. The van der Waals surface area contributed by atoms with Gasteiger partial charge in [-0.1, -0.05) is 41.9 Å². The maximum absolute atomic E-state index is 13.1. The number of rotatable bonds is 5. The number of amides is 1. The monoisotopic (exact) mass is 429 g/mol. The minimum atomic E-state index is -3.13. The summed E-state index contributed by atoms with van der Waals surface area (Å²) in [7, 11) is -3.13. The summed E-state index contributed by atoms with van der Waals surface area (Å²) in [6.07, 6.45) is 0.433. The molecule has 1 fully saturated rings. The topological polar surface area (TPSA) is 67.6 Å². The Morgan fingerprint density at radius 2 is 1.86 bits per heavy atom. The van der Waals surface area contributed by atoms with Crippen LogP contribution in [0, 0.1) is 0 Å². The van der Waals surface area contributed by atoms with E-state index in [1.165, 1.54) is 0 Å². The number of hydrogen-bond acceptors (Lipinski definition) is 4. The molecule has 1 aliphatic rings. The zero-order chi connectivity index (χ0) is 20.4. The van der Waals surface area contributed by atoms with Crippen LogP contribution < -0.4 is 0 Å². The van der Waals surface area contributed by atoms with Crippen LogP contribution in [0.1, 0.15) is 22.5 Å². The van der Waals surface area contributed by atoms with Crippen molar-refractivity contribution in [1.29, 1.82) is 0 Å². The Morgan fingerprint density at radius 3 is 2.55 bits per heavy atom. The van der Waals surface area contributed by atoms with Crippen LogP contribution in [0.5, 0.6) is 0 Å². The Morgan fingerprint density at radius 1 is 1.07 bits per heavy atom. The first-order chi connectivity index (χ1) is 13.9. The molecule has 3 aromatic rings. The van der Waals surface area contributed by atoms with Gasteiger partial charge in [-0.2, -0.15) is 0 Å². The third kappa shape index (κ3) is 4.54. The predicted molar refractivity (Wildman–Crippen MR) is 113 cm³/mol. The quantitative estimate of drug-likeness (QED) is 0.601. The van der Waals surface area contributed by atoms with Gasteiger partial charge in [-0.25, -0.2) is 8.42 Å². The number of furan rings is 1. The highest BCUT2D eigenvalue weighted by Crippen LogP contribution is 2.27. The molecule has 29 heavy (non-hydrogen) atoms. The second kappa shape index (κ2) is 8.05. The number of benzene rings is 2. The first-order valence-corrected chi connectivity index (χ1v) is 11.5. The molecule has 2 aromatic carbocycles. The van der Waals surface area contributed by atoms with E-state index in [9.17, 15) is 13.2 Å². The number of nitrogens with zero attached hydrogens (tertiary/aromatic N) is 1. The number of hydrogen-bond donors (Lipinski definition) is 0. The molecule has 7 heteroatoms. The van der Waals surface area contributed by atoms with Crippen molar-refractivity contribution in [3.63, 3.8) is 0 Å². The van der Waals surface area contributed by atoms with Crippen molar-refractivity contribution in [2.75, 3.05) is 11.5 Å². The number of sulfone groups is 1. The lowest BCUT2D eigenvalue weighted by atomic mass is 10.1. The van der Waals surface area contributed by atoms with E-state index in [2.05, 4.69) is 0 Å². The predicted octanol–water partition coefficient (Wildman–Crippen LogP) is 4.43. The van der Waals surface area contributed by atoms with Crippen LogP contribution >= 0.6 is 11.6 Å². The van der Waals surface area contributed by atoms with Crippen LogP contribution in [0.3, 0.4) is 0 Å². The standard InChI is InChI=1S/C22H20ClNO4S/c23-18-8-4-7-17(13-18)21-10-9-20(28-21)14-24(19-11-12-29(26,27)15-19)22(25)16-5-2-1-3-6-16/h1-10,13,19H,11-12,14-15H2. The van der Waals surface area contributed by atoms with Gasteiger partial charge in [-0.15, -0.1) is 0 Å². The van der Waals surface area contributed by atoms with Crippen LogP contribution in [0.4, 0.5) is 0 Å². The lowest BCUT2D eigenvalue weighted by molar-refractivity contribution is 0.0666. The van der Waals surface area contributed by atoms with Gasteiger partial charge in [0, 0.05) is 22.2 Å². The average Bonchev–Trinajstić information content (AvgIpc) is 3.32. The van der Waals surface area contributed by atoms with Gasteiger partial charge >= 0.3 is 0 Å². The third-order valence-electron chi connectivity index (χ3n) is 5.03. The fourth-order valence-corrected chi connectivity index (χ4v) is 5.48. The highest BCUT2D eigenvalue weighted by molar-refractivity contribution is 7.91. The van der Waals surface area contributed by atoms with E-state index in [4.69, 9.17) is 16.0 Å². The molecule has 1 aromatic heterocycles. The molecule has 2 heterocycles. The second-order valence-corrected chi connectivity index (χ2v) is 9.80. The maximum atomic E-state index is 13.1. The highest BCUT2D eigenvalue weighted by Gasteiger charge is 2.35. The molecule has 1 saturated heterocycles. The van der Waals surface area contributed by atoms with Crippen molar-refractivity contribution in [2.45, 2.75) is 19.0 Å². The van der Waals surface area contributed by atoms with Crippen molar-refractivity contribution in [1.82, 2.24) is 4.90 Å². The number of carbonyl (C=O) groups excluding carboxylic acids is 1. The lowest BCUT2D eigenvalue weighted by Gasteiger charge is -2.27. The van der Waals surface area contributed by atoms with Gasteiger partial charge in [0.25, 0.3) is 5.91 Å². The number of carbonyl (C=O) groups is 1. The van der Waals surface area contributed by atoms with Crippen LogP contribution in [0.15, 0.2) is 71.1 Å². The Kier molecular flexibility index (Phi) is 5.48. The normalized spacial score (nSPS) is 17.9.